The number of carbonyl (C=O) groups is 2. The highest BCUT2D eigenvalue weighted by molar-refractivity contribution is 6.02. The zero-order valence-corrected chi connectivity index (χ0v) is 12.4. The quantitative estimate of drug-likeness (QED) is 0.839. The number of ether oxygens (including phenoxy) is 1. The van der Waals surface area contributed by atoms with Crippen LogP contribution >= 0.6 is 0 Å². The lowest BCUT2D eigenvalue weighted by Gasteiger charge is -2.31. The van der Waals surface area contributed by atoms with Crippen LogP contribution in [-0.2, 0) is 9.59 Å². The highest BCUT2D eigenvalue weighted by Crippen LogP contribution is 2.32. The van der Waals surface area contributed by atoms with Crippen LogP contribution in [0.2, 0.25) is 0 Å². The molecule has 2 aliphatic heterocycles. The van der Waals surface area contributed by atoms with Gasteiger partial charge in [-0.3, -0.25) is 14.5 Å². The van der Waals surface area contributed by atoms with E-state index >= 15 is 0 Å². The van der Waals surface area contributed by atoms with E-state index in [2.05, 4.69) is 0 Å². The summed E-state index contributed by atoms with van der Waals surface area (Å²) in [5.41, 5.74) is 0.333. The third kappa shape index (κ3) is 3.05. The maximum Gasteiger partial charge on any atom is 0.265 e. The minimum absolute atomic E-state index is 0.0569. The Morgan fingerprint density at radius 1 is 1.18 bits per heavy atom. The molecule has 6 heteroatoms. The summed E-state index contributed by atoms with van der Waals surface area (Å²) < 4.78 is 18.7. The Morgan fingerprint density at radius 3 is 2.64 bits per heavy atom. The normalized spacial score (nSPS) is 18.5. The van der Waals surface area contributed by atoms with Gasteiger partial charge in [0, 0.05) is 19.2 Å². The van der Waals surface area contributed by atoms with Crippen LogP contribution in [0, 0.1) is 5.82 Å². The minimum atomic E-state index is -0.454. The van der Waals surface area contributed by atoms with Crippen molar-refractivity contribution >= 4 is 17.5 Å². The fourth-order valence-corrected chi connectivity index (χ4v) is 2.90. The average molecular weight is 306 g/mol. The van der Waals surface area contributed by atoms with Crippen LogP contribution in [0.25, 0.3) is 0 Å². The molecule has 1 aromatic rings. The van der Waals surface area contributed by atoms with E-state index in [1.807, 2.05) is 0 Å². The second kappa shape index (κ2) is 6.34. The number of benzene rings is 1. The summed E-state index contributed by atoms with van der Waals surface area (Å²) in [6.07, 6.45) is 4.25. The van der Waals surface area contributed by atoms with Crippen molar-refractivity contribution in [2.75, 3.05) is 31.1 Å². The molecule has 0 saturated carbocycles. The molecule has 0 aromatic heterocycles. The third-order valence-corrected chi connectivity index (χ3v) is 4.12. The fraction of sp³-hybridized carbons (Fsp3) is 0.500. The lowest BCUT2D eigenvalue weighted by atomic mass is 10.2. The van der Waals surface area contributed by atoms with Crippen molar-refractivity contribution < 1.29 is 18.7 Å². The molecule has 1 fully saturated rings. The number of fused-ring (bicyclic) bond motifs is 1. The third-order valence-electron chi connectivity index (χ3n) is 4.12. The molecule has 22 heavy (non-hydrogen) atoms. The summed E-state index contributed by atoms with van der Waals surface area (Å²) in [6, 6.07) is 4.01. The SMILES string of the molecule is O=C(CN1C(=O)COc2ccc(F)cc21)N1CCCCCC1. The van der Waals surface area contributed by atoms with Gasteiger partial charge in [0.15, 0.2) is 6.61 Å². The first-order valence-electron chi connectivity index (χ1n) is 7.65. The first-order chi connectivity index (χ1) is 10.6. The summed E-state index contributed by atoms with van der Waals surface area (Å²) in [5.74, 6) is -0.428. The highest BCUT2D eigenvalue weighted by Gasteiger charge is 2.29. The number of rotatable bonds is 2. The number of nitrogens with zero attached hydrogens (tertiary/aromatic N) is 2. The van der Waals surface area contributed by atoms with Crippen LogP contribution < -0.4 is 9.64 Å². The molecule has 0 N–H and O–H groups in total. The molecule has 1 aromatic carbocycles. The van der Waals surface area contributed by atoms with E-state index in [0.717, 1.165) is 38.8 Å². The Hall–Kier alpha value is -2.11. The lowest BCUT2D eigenvalue weighted by Crippen LogP contribution is -2.46. The van der Waals surface area contributed by atoms with Gasteiger partial charge in [-0.05, 0) is 25.0 Å². The topological polar surface area (TPSA) is 49.9 Å². The van der Waals surface area contributed by atoms with Crippen molar-refractivity contribution in [3.05, 3.63) is 24.0 Å². The van der Waals surface area contributed by atoms with Crippen molar-refractivity contribution in [1.29, 1.82) is 0 Å². The number of likely N-dealkylation sites (tertiary alicyclic amines) is 1. The van der Waals surface area contributed by atoms with E-state index in [9.17, 15) is 14.0 Å². The maximum atomic E-state index is 13.5. The van der Waals surface area contributed by atoms with Gasteiger partial charge in [-0.15, -0.1) is 0 Å². The number of hydrogen-bond acceptors (Lipinski definition) is 3. The molecule has 1 saturated heterocycles. The van der Waals surface area contributed by atoms with Gasteiger partial charge in [-0.2, -0.15) is 0 Å². The second-order valence-electron chi connectivity index (χ2n) is 5.68. The van der Waals surface area contributed by atoms with Crippen LogP contribution in [-0.4, -0.2) is 43.0 Å². The summed E-state index contributed by atoms with van der Waals surface area (Å²) in [7, 11) is 0. The van der Waals surface area contributed by atoms with Gasteiger partial charge in [0.05, 0.1) is 5.69 Å². The number of halogens is 1. The average Bonchev–Trinajstić information content (AvgIpc) is 2.79. The molecule has 0 unspecified atom stereocenters. The molecular weight excluding hydrogens is 287 g/mol. The van der Waals surface area contributed by atoms with E-state index in [1.54, 1.807) is 4.90 Å². The van der Waals surface area contributed by atoms with E-state index in [0.29, 0.717) is 11.4 Å². The number of amides is 2. The van der Waals surface area contributed by atoms with Gasteiger partial charge in [0.25, 0.3) is 5.91 Å². The van der Waals surface area contributed by atoms with E-state index in [-0.39, 0.29) is 25.0 Å². The summed E-state index contributed by atoms with van der Waals surface area (Å²) >= 11 is 0. The zero-order chi connectivity index (χ0) is 15.5. The van der Waals surface area contributed by atoms with Gasteiger partial charge >= 0.3 is 0 Å². The first kappa shape index (κ1) is 14.8. The molecule has 118 valence electrons. The number of anilines is 1. The van der Waals surface area contributed by atoms with E-state index in [1.165, 1.54) is 23.1 Å². The molecule has 2 heterocycles. The first-order valence-corrected chi connectivity index (χ1v) is 7.65. The van der Waals surface area contributed by atoms with Crippen LogP contribution in [0.5, 0.6) is 5.75 Å². The van der Waals surface area contributed by atoms with Gasteiger partial charge in [0.2, 0.25) is 5.91 Å². The lowest BCUT2D eigenvalue weighted by molar-refractivity contribution is -0.132. The molecule has 3 rings (SSSR count). The van der Waals surface area contributed by atoms with Crippen LogP contribution in [0.4, 0.5) is 10.1 Å². The molecule has 0 atom stereocenters. The summed E-state index contributed by atoms with van der Waals surface area (Å²) in [4.78, 5) is 27.6. The zero-order valence-electron chi connectivity index (χ0n) is 12.4. The van der Waals surface area contributed by atoms with Gasteiger partial charge < -0.3 is 9.64 Å². The number of carbonyl (C=O) groups excluding carboxylic acids is 2. The van der Waals surface area contributed by atoms with Crippen molar-refractivity contribution in [3.8, 4) is 5.75 Å². The molecule has 2 amide bonds. The Kier molecular flexibility index (Phi) is 4.27. The van der Waals surface area contributed by atoms with Crippen molar-refractivity contribution in [3.63, 3.8) is 0 Å². The molecular formula is C16H19FN2O3. The predicted molar refractivity (Wildman–Crippen MR) is 79.3 cm³/mol. The van der Waals surface area contributed by atoms with Gasteiger partial charge in [-0.25, -0.2) is 4.39 Å². The molecule has 0 aliphatic carbocycles. The Balaban J connectivity index is 1.77. The number of hydrogen-bond donors (Lipinski definition) is 0. The van der Waals surface area contributed by atoms with Gasteiger partial charge in [-0.1, -0.05) is 12.8 Å². The molecule has 5 nitrogen and oxygen atoms in total. The maximum absolute atomic E-state index is 13.5. The fourth-order valence-electron chi connectivity index (χ4n) is 2.90. The summed E-state index contributed by atoms with van der Waals surface area (Å²) in [6.45, 7) is 1.28. The molecule has 0 spiro atoms. The second-order valence-corrected chi connectivity index (χ2v) is 5.68. The Bertz CT molecular complexity index is 583. The van der Waals surface area contributed by atoms with E-state index in [4.69, 9.17) is 4.74 Å². The smallest absolute Gasteiger partial charge is 0.265 e. The van der Waals surface area contributed by atoms with Gasteiger partial charge in [0.1, 0.15) is 18.1 Å². The largest absolute Gasteiger partial charge is 0.482 e. The van der Waals surface area contributed by atoms with Crippen LogP contribution in [0.3, 0.4) is 0 Å². The molecule has 2 aliphatic rings. The predicted octanol–water partition coefficient (Wildman–Crippen LogP) is 1.95. The van der Waals surface area contributed by atoms with Crippen molar-refractivity contribution in [2.45, 2.75) is 25.7 Å². The Labute approximate surface area is 128 Å². The van der Waals surface area contributed by atoms with Crippen molar-refractivity contribution in [1.82, 2.24) is 4.90 Å². The van der Waals surface area contributed by atoms with Crippen molar-refractivity contribution in [2.24, 2.45) is 0 Å². The highest BCUT2D eigenvalue weighted by atomic mass is 19.1. The minimum Gasteiger partial charge on any atom is -0.482 e. The molecule has 0 bridgehead atoms. The summed E-state index contributed by atoms with van der Waals surface area (Å²) in [5, 5.41) is 0. The van der Waals surface area contributed by atoms with Crippen LogP contribution in [0.15, 0.2) is 18.2 Å². The van der Waals surface area contributed by atoms with Crippen LogP contribution in [0.1, 0.15) is 25.7 Å². The molecule has 0 radical (unpaired) electrons. The monoisotopic (exact) mass is 306 g/mol. The Morgan fingerprint density at radius 2 is 1.91 bits per heavy atom. The van der Waals surface area contributed by atoms with E-state index < -0.39 is 5.82 Å². The standard InChI is InChI=1S/C16H19FN2O3/c17-12-5-6-14-13(9-12)19(16(21)11-22-14)10-15(20)18-7-3-1-2-4-8-18/h5-6,9H,1-4,7-8,10-11H2.